The number of aliphatic hydroxyl groups excluding tert-OH is 5. The number of carbonyl (C=O) groups is 2. The van der Waals surface area contributed by atoms with Crippen LogP contribution in [-0.2, 0) is 23.8 Å². The van der Waals surface area contributed by atoms with E-state index < -0.39 is 49.5 Å². The Morgan fingerprint density at radius 1 is 0.551 bits per heavy atom. The molecule has 0 aliphatic carbocycles. The molecule has 0 saturated carbocycles. The number of allylic oxidation sites excluding steroid dienone is 9. The summed E-state index contributed by atoms with van der Waals surface area (Å²) < 4.78 is 16.6. The molecular weight excluding hydrogens is 871 g/mol. The Morgan fingerprint density at radius 2 is 1.04 bits per heavy atom. The first-order valence-electron chi connectivity index (χ1n) is 28.1. The van der Waals surface area contributed by atoms with Gasteiger partial charge in [0.25, 0.3) is 0 Å². The fraction of sp³-hybridized carbons (Fsp3) is 0.793. The van der Waals surface area contributed by atoms with E-state index in [4.69, 9.17) is 14.2 Å². The number of amides is 1. The molecule has 0 aromatic rings. The first-order valence-corrected chi connectivity index (χ1v) is 28.1. The van der Waals surface area contributed by atoms with Crippen LogP contribution in [0.2, 0.25) is 0 Å². The summed E-state index contributed by atoms with van der Waals surface area (Å²) in [6.07, 6.45) is 50.6. The van der Waals surface area contributed by atoms with Gasteiger partial charge in [0.2, 0.25) is 5.91 Å². The molecule has 1 saturated heterocycles. The van der Waals surface area contributed by atoms with Crippen molar-refractivity contribution >= 4 is 11.9 Å². The summed E-state index contributed by atoms with van der Waals surface area (Å²) in [6, 6.07) is -0.878. The Labute approximate surface area is 420 Å². The van der Waals surface area contributed by atoms with Gasteiger partial charge in [-0.3, -0.25) is 9.59 Å². The summed E-state index contributed by atoms with van der Waals surface area (Å²) in [5.74, 6) is -0.318. The van der Waals surface area contributed by atoms with Crippen LogP contribution in [0.3, 0.4) is 0 Å². The fourth-order valence-electron chi connectivity index (χ4n) is 8.40. The molecular formula is C58H103NO10. The molecule has 69 heavy (non-hydrogen) atoms. The molecule has 0 spiro atoms. The topological polar surface area (TPSA) is 175 Å². The van der Waals surface area contributed by atoms with E-state index in [0.29, 0.717) is 25.9 Å². The van der Waals surface area contributed by atoms with Crippen LogP contribution in [0.15, 0.2) is 60.8 Å². The minimum Gasteiger partial charge on any atom is -0.466 e. The number of rotatable bonds is 47. The van der Waals surface area contributed by atoms with Crippen LogP contribution in [0.25, 0.3) is 0 Å². The number of unbranched alkanes of at least 4 members (excludes halogenated alkanes) is 25. The van der Waals surface area contributed by atoms with Crippen LogP contribution in [0.4, 0.5) is 0 Å². The van der Waals surface area contributed by atoms with E-state index in [1.165, 1.54) is 116 Å². The number of ether oxygens (including phenoxy) is 3. The maximum absolute atomic E-state index is 12.9. The third-order valence-electron chi connectivity index (χ3n) is 12.9. The van der Waals surface area contributed by atoms with Crippen LogP contribution < -0.4 is 5.32 Å². The van der Waals surface area contributed by atoms with Crippen LogP contribution in [0.1, 0.15) is 232 Å². The third kappa shape index (κ3) is 37.8. The quantitative estimate of drug-likeness (QED) is 0.0196. The second kappa shape index (κ2) is 47.7. The van der Waals surface area contributed by atoms with Gasteiger partial charge in [-0.2, -0.15) is 0 Å². The molecule has 1 rings (SSSR count). The first kappa shape index (κ1) is 64.4. The van der Waals surface area contributed by atoms with Gasteiger partial charge in [-0.25, -0.2) is 0 Å². The third-order valence-corrected chi connectivity index (χ3v) is 12.9. The zero-order valence-corrected chi connectivity index (χ0v) is 43.8. The highest BCUT2D eigenvalue weighted by Crippen LogP contribution is 2.23. The highest BCUT2D eigenvalue weighted by atomic mass is 16.7. The van der Waals surface area contributed by atoms with Crippen molar-refractivity contribution in [1.82, 2.24) is 5.32 Å². The molecule has 7 atom stereocenters. The summed E-state index contributed by atoms with van der Waals surface area (Å²) in [5.41, 5.74) is 0. The van der Waals surface area contributed by atoms with Crippen molar-refractivity contribution in [3.63, 3.8) is 0 Å². The number of hydrogen-bond acceptors (Lipinski definition) is 10. The van der Waals surface area contributed by atoms with Crippen LogP contribution in [0.5, 0.6) is 0 Å². The molecule has 0 aromatic carbocycles. The molecule has 11 heteroatoms. The summed E-state index contributed by atoms with van der Waals surface area (Å²) >= 11 is 0. The molecule has 1 heterocycles. The van der Waals surface area contributed by atoms with E-state index in [9.17, 15) is 35.1 Å². The van der Waals surface area contributed by atoms with Crippen molar-refractivity contribution in [2.75, 3.05) is 19.8 Å². The average molecular weight is 974 g/mol. The molecule has 6 N–H and O–H groups in total. The van der Waals surface area contributed by atoms with Crippen LogP contribution >= 0.6 is 0 Å². The van der Waals surface area contributed by atoms with Crippen molar-refractivity contribution in [2.24, 2.45) is 0 Å². The minimum absolute atomic E-state index is 0.0379. The Balaban J connectivity index is 2.13. The van der Waals surface area contributed by atoms with Crippen molar-refractivity contribution in [2.45, 2.75) is 275 Å². The van der Waals surface area contributed by atoms with Gasteiger partial charge in [0.15, 0.2) is 6.29 Å². The summed E-state index contributed by atoms with van der Waals surface area (Å²) in [5, 5.41) is 54.0. The van der Waals surface area contributed by atoms with Gasteiger partial charge in [0.05, 0.1) is 32.0 Å². The smallest absolute Gasteiger partial charge is 0.305 e. The molecule has 0 bridgehead atoms. The second-order valence-corrected chi connectivity index (χ2v) is 19.2. The number of aliphatic hydroxyl groups is 5. The highest BCUT2D eigenvalue weighted by molar-refractivity contribution is 5.76. The predicted molar refractivity (Wildman–Crippen MR) is 283 cm³/mol. The largest absolute Gasteiger partial charge is 0.466 e. The van der Waals surface area contributed by atoms with Crippen molar-refractivity contribution in [1.29, 1.82) is 0 Å². The monoisotopic (exact) mass is 974 g/mol. The Morgan fingerprint density at radius 3 is 1.61 bits per heavy atom. The fourth-order valence-corrected chi connectivity index (χ4v) is 8.40. The highest BCUT2D eigenvalue weighted by Gasteiger charge is 2.44. The van der Waals surface area contributed by atoms with Gasteiger partial charge in [0, 0.05) is 12.8 Å². The van der Waals surface area contributed by atoms with Gasteiger partial charge in [-0.1, -0.05) is 209 Å². The van der Waals surface area contributed by atoms with Crippen LogP contribution in [0, 0.1) is 0 Å². The first-order chi connectivity index (χ1) is 33.7. The molecule has 1 aliphatic rings. The Kier molecular flexibility index (Phi) is 44.5. The van der Waals surface area contributed by atoms with E-state index >= 15 is 0 Å². The van der Waals surface area contributed by atoms with E-state index in [2.05, 4.69) is 55.6 Å². The summed E-state index contributed by atoms with van der Waals surface area (Å²) in [6.45, 7) is 4.10. The van der Waals surface area contributed by atoms with Gasteiger partial charge < -0.3 is 45.1 Å². The number of esters is 1. The van der Waals surface area contributed by atoms with Gasteiger partial charge in [0.1, 0.15) is 24.4 Å². The molecule has 7 unspecified atom stereocenters. The lowest BCUT2D eigenvalue weighted by Gasteiger charge is -2.40. The van der Waals surface area contributed by atoms with E-state index in [0.717, 1.165) is 77.0 Å². The maximum atomic E-state index is 12.9. The van der Waals surface area contributed by atoms with Gasteiger partial charge in [-0.15, -0.1) is 0 Å². The van der Waals surface area contributed by atoms with Crippen LogP contribution in [-0.4, -0.2) is 100 Å². The SMILES string of the molecule is CC/C=C/CC/C=C/CC/C=C/C(O)C(COC1OC(CO)C(O)C(O)C1O)NC(=O)CC/C=C\C/C=C\CCCCCCCCOC(=O)CCCCCCCCCCCCCCCCCCCC. The molecule has 1 fully saturated rings. The summed E-state index contributed by atoms with van der Waals surface area (Å²) in [7, 11) is 0. The standard InChI is InChI=1S/C58H103NO10/c1-3-5-7-9-11-13-15-16-17-18-19-20-23-26-30-34-38-42-46-54(63)67-47-43-39-35-31-27-24-21-22-25-29-33-37-41-45-53(62)59-50(49-68-58-57(66)56(65)55(64)52(48-60)69-58)51(61)44-40-36-32-28-14-12-10-8-6-4-2/h6,8,14,22,25,28,33,37,40,44,50-52,55-58,60-61,64-66H,3-5,7,9-13,15-21,23-24,26-27,29-32,34-36,38-39,41-43,45-49H2,1-2H3,(H,59,62)/b8-6+,25-22-,28-14+,37-33-,44-40+. The number of hydrogen-bond donors (Lipinski definition) is 6. The molecule has 11 nitrogen and oxygen atoms in total. The van der Waals surface area contributed by atoms with Crippen molar-refractivity contribution in [3.8, 4) is 0 Å². The zero-order valence-electron chi connectivity index (χ0n) is 43.8. The lowest BCUT2D eigenvalue weighted by atomic mass is 9.99. The van der Waals surface area contributed by atoms with Crippen molar-refractivity contribution < 1.29 is 49.3 Å². The van der Waals surface area contributed by atoms with Crippen molar-refractivity contribution in [3.05, 3.63) is 60.8 Å². The van der Waals surface area contributed by atoms with Gasteiger partial charge in [-0.05, 0) is 70.6 Å². The molecule has 0 aromatic heterocycles. The average Bonchev–Trinajstić information content (AvgIpc) is 3.34. The van der Waals surface area contributed by atoms with Gasteiger partial charge >= 0.3 is 5.97 Å². The predicted octanol–water partition coefficient (Wildman–Crippen LogP) is 12.3. The number of nitrogens with one attached hydrogen (secondary N) is 1. The Bertz CT molecular complexity index is 1330. The normalized spacial score (nSPS) is 19.8. The molecule has 1 amide bonds. The van der Waals surface area contributed by atoms with E-state index in [-0.39, 0.29) is 24.9 Å². The zero-order chi connectivity index (χ0) is 50.3. The summed E-state index contributed by atoms with van der Waals surface area (Å²) in [4.78, 5) is 25.0. The number of carbonyl (C=O) groups excluding carboxylic acids is 2. The molecule has 1 aliphatic heterocycles. The van der Waals surface area contributed by atoms with E-state index in [1.807, 2.05) is 18.2 Å². The minimum atomic E-state index is -1.60. The lowest BCUT2D eigenvalue weighted by Crippen LogP contribution is -2.60. The maximum Gasteiger partial charge on any atom is 0.305 e. The van der Waals surface area contributed by atoms with E-state index in [1.54, 1.807) is 6.08 Å². The molecule has 0 radical (unpaired) electrons. The molecule has 400 valence electrons. The second-order valence-electron chi connectivity index (χ2n) is 19.2. The Hall–Kier alpha value is -2.64. The lowest BCUT2D eigenvalue weighted by molar-refractivity contribution is -0.302.